The van der Waals surface area contributed by atoms with Gasteiger partial charge in [0.05, 0.1) is 51.1 Å². The zero-order valence-corrected chi connectivity index (χ0v) is 43.0. The number of nitrogens with one attached hydrogen (secondary N) is 10. The van der Waals surface area contributed by atoms with Crippen LogP contribution in [0.15, 0.2) is 54.6 Å². The van der Waals surface area contributed by atoms with E-state index in [1.807, 2.05) is 16.0 Å². The van der Waals surface area contributed by atoms with Crippen LogP contribution in [0.1, 0.15) is 64.5 Å². The predicted octanol–water partition coefficient (Wildman–Crippen LogP) is -5.82. The molecule has 0 bridgehead atoms. The van der Waals surface area contributed by atoms with Gasteiger partial charge in [0.1, 0.15) is 48.0 Å². The summed E-state index contributed by atoms with van der Waals surface area (Å²) in [5.74, 6) is -18.2. The number of aliphatic hydroxyl groups excluding tert-OH is 2. The lowest BCUT2D eigenvalue weighted by atomic mass is 9.90. The van der Waals surface area contributed by atoms with Crippen molar-refractivity contribution in [2.75, 3.05) is 19.8 Å². The molecule has 29 heteroatoms. The number of carbonyl (C=O) groups excluding carboxylic acids is 11. The maximum absolute atomic E-state index is 14.3. The van der Waals surface area contributed by atoms with Crippen molar-refractivity contribution in [3.05, 3.63) is 65.7 Å². The van der Waals surface area contributed by atoms with E-state index in [0.29, 0.717) is 11.1 Å². The number of primary amides is 1. The molecule has 9 atom stereocenters. The standard InChI is InChI=1S/C49H67N11O18/c1-23(2)14-28-41(70)42(71)40(24(3)4)58-46(75)30(17-36(50)64)53-48(77)34(21-61)57-49(78)35(22-62)56-45(74)32(19-39(68)69)55-44(73)31(18-38(66)67)54-43(72)29(15-25-8-6-5-7-9-25)52-47(76)33(59-60-37(65)20-51-28)16-26-10-12-27(63)13-11-26/h5-13,23-24,28-35,40,51,59,61-63H,14-22H2,1-4H3,(H2,50,64)(H,52,76)(H,53,77)(H,54,72)(H,55,73)(H,56,74)(H,57,78)(H,58,75)(H,60,65)(H,66,67)(H,68,69)/t28-,29-,30?,31?,32-,33?,34-,35?,40-/m0/s1. The molecule has 0 aliphatic carbocycles. The van der Waals surface area contributed by atoms with E-state index in [2.05, 4.69) is 37.4 Å². The van der Waals surface area contributed by atoms with Gasteiger partial charge in [0.15, 0.2) is 0 Å². The van der Waals surface area contributed by atoms with E-state index in [-0.39, 0.29) is 30.9 Å². The average Bonchev–Trinajstić information content (AvgIpc) is 3.37. The minimum atomic E-state index is -2.18. The number of aromatic hydroxyl groups is 1. The third kappa shape index (κ3) is 21.0. The highest BCUT2D eigenvalue weighted by molar-refractivity contribution is 6.41. The molecule has 0 aromatic heterocycles. The first-order valence-corrected chi connectivity index (χ1v) is 24.5. The van der Waals surface area contributed by atoms with Crippen LogP contribution >= 0.6 is 0 Å². The fraction of sp³-hybridized carbons (Fsp3) is 0.490. The molecule has 1 aliphatic heterocycles. The second-order valence-corrected chi connectivity index (χ2v) is 18.9. The molecule has 78 heavy (non-hydrogen) atoms. The van der Waals surface area contributed by atoms with Gasteiger partial charge in [-0.2, -0.15) is 0 Å². The molecule has 2 aromatic rings. The van der Waals surface area contributed by atoms with Crippen LogP contribution in [0.5, 0.6) is 5.75 Å². The first-order chi connectivity index (χ1) is 36.7. The SMILES string of the molecule is CC(C)C[C@@H]1NCC(=O)NNC(Cc2ccc(O)cc2)C(=O)N[C@@H](Cc2ccccc2)C(=O)NC(CC(=O)O)C(=O)N[C@@H](CC(=O)O)C(=O)NC(CO)C(=O)N[C@@H](CO)C(=O)NC(CC(N)=O)C(=O)N[C@@H](C(C)C)C(=O)C1=O. The molecule has 1 aliphatic rings. The Morgan fingerprint density at radius 3 is 1.40 bits per heavy atom. The van der Waals surface area contributed by atoms with Gasteiger partial charge in [0.2, 0.25) is 64.7 Å². The Labute approximate surface area is 446 Å². The highest BCUT2D eigenvalue weighted by Crippen LogP contribution is 2.14. The normalized spacial score (nSPS) is 24.5. The Morgan fingerprint density at radius 1 is 0.526 bits per heavy atom. The Hall–Kier alpha value is -8.41. The van der Waals surface area contributed by atoms with Gasteiger partial charge in [-0.15, -0.1) is 0 Å². The van der Waals surface area contributed by atoms with Crippen molar-refractivity contribution in [3.63, 3.8) is 0 Å². The Bertz CT molecular complexity index is 2510. The van der Waals surface area contributed by atoms with Gasteiger partial charge in [0.25, 0.3) is 0 Å². The molecule has 0 radical (unpaired) electrons. The van der Waals surface area contributed by atoms with Crippen molar-refractivity contribution < 1.29 is 87.9 Å². The van der Waals surface area contributed by atoms with Crippen molar-refractivity contribution in [2.45, 2.75) is 121 Å². The number of hydrazine groups is 1. The number of Topliss-reactive ketones (excluding diaryl/α,β-unsaturated/α-hetero) is 2. The maximum Gasteiger partial charge on any atom is 0.305 e. The Morgan fingerprint density at radius 2 is 0.936 bits per heavy atom. The Kier molecular flexibility index (Phi) is 25.4. The maximum atomic E-state index is 14.3. The molecular weight excluding hydrogens is 1030 g/mol. The highest BCUT2D eigenvalue weighted by atomic mass is 16.4. The van der Waals surface area contributed by atoms with Crippen LogP contribution in [0.3, 0.4) is 0 Å². The van der Waals surface area contributed by atoms with Gasteiger partial charge < -0.3 is 68.5 Å². The van der Waals surface area contributed by atoms with E-state index in [1.54, 1.807) is 44.2 Å². The van der Waals surface area contributed by atoms with Crippen LogP contribution in [0.25, 0.3) is 0 Å². The quantitative estimate of drug-likeness (QED) is 0.0739. The first-order valence-electron chi connectivity index (χ1n) is 24.5. The molecule has 3 rings (SSSR count). The number of ketones is 2. The second kappa shape index (κ2) is 31.0. The summed E-state index contributed by atoms with van der Waals surface area (Å²) in [6.07, 6.45) is -3.97. The largest absolute Gasteiger partial charge is 0.508 e. The number of benzene rings is 2. The van der Waals surface area contributed by atoms with Crippen LogP contribution in [-0.4, -0.2) is 176 Å². The lowest BCUT2D eigenvalue weighted by Gasteiger charge is -2.28. The van der Waals surface area contributed by atoms with Gasteiger partial charge in [-0.05, 0) is 47.9 Å². The molecule has 29 nitrogen and oxygen atoms in total. The van der Waals surface area contributed by atoms with Gasteiger partial charge in [-0.3, -0.25) is 73.1 Å². The van der Waals surface area contributed by atoms with Crippen molar-refractivity contribution in [2.24, 2.45) is 17.6 Å². The minimum Gasteiger partial charge on any atom is -0.508 e. The number of carbonyl (C=O) groups is 13. The third-order valence-electron chi connectivity index (χ3n) is 11.7. The number of aliphatic carboxylic acids is 2. The van der Waals surface area contributed by atoms with Crippen LogP contribution in [0.2, 0.25) is 0 Å². The van der Waals surface area contributed by atoms with E-state index in [1.165, 1.54) is 38.1 Å². The van der Waals surface area contributed by atoms with Crippen molar-refractivity contribution in [1.29, 1.82) is 0 Å². The predicted molar refractivity (Wildman–Crippen MR) is 269 cm³/mol. The number of phenolic OH excluding ortho intramolecular Hbond substituents is 1. The molecule has 426 valence electrons. The zero-order chi connectivity index (χ0) is 58.4. The highest BCUT2D eigenvalue weighted by Gasteiger charge is 2.39. The van der Waals surface area contributed by atoms with Gasteiger partial charge in [0, 0.05) is 6.42 Å². The van der Waals surface area contributed by atoms with E-state index in [0.717, 1.165) is 0 Å². The number of hydrogen-bond acceptors (Lipinski definition) is 18. The number of carboxylic acid groups (broad SMARTS) is 2. The van der Waals surface area contributed by atoms with Crippen molar-refractivity contribution >= 4 is 76.7 Å². The summed E-state index contributed by atoms with van der Waals surface area (Å²) in [5, 5.41) is 67.5. The molecule has 1 saturated heterocycles. The van der Waals surface area contributed by atoms with E-state index in [9.17, 15) is 87.9 Å². The average molecular weight is 1100 g/mol. The number of rotatable bonds is 15. The van der Waals surface area contributed by atoms with Crippen LogP contribution < -0.4 is 59.1 Å². The third-order valence-corrected chi connectivity index (χ3v) is 11.7. The topological polar surface area (TPSA) is 469 Å². The second-order valence-electron chi connectivity index (χ2n) is 18.9. The summed E-state index contributed by atoms with van der Waals surface area (Å²) in [6.45, 7) is 3.14. The smallest absolute Gasteiger partial charge is 0.305 e. The van der Waals surface area contributed by atoms with Gasteiger partial charge in [-0.1, -0.05) is 70.2 Å². The number of amides is 9. The summed E-state index contributed by atoms with van der Waals surface area (Å²) in [6, 6.07) is -2.93. The van der Waals surface area contributed by atoms with Crippen molar-refractivity contribution in [3.8, 4) is 5.75 Å². The summed E-state index contributed by atoms with van der Waals surface area (Å²) in [4.78, 5) is 174. The van der Waals surface area contributed by atoms with Crippen LogP contribution in [0.4, 0.5) is 0 Å². The lowest BCUT2D eigenvalue weighted by molar-refractivity contribution is -0.143. The molecule has 1 fully saturated rings. The summed E-state index contributed by atoms with van der Waals surface area (Å²) >= 11 is 0. The monoisotopic (exact) mass is 1100 g/mol. The van der Waals surface area contributed by atoms with Crippen molar-refractivity contribution in [1.82, 2.24) is 53.4 Å². The van der Waals surface area contributed by atoms with Crippen LogP contribution in [0, 0.1) is 11.8 Å². The number of aliphatic hydroxyl groups is 2. The first kappa shape index (κ1) is 63.9. The fourth-order valence-electron chi connectivity index (χ4n) is 7.63. The van der Waals surface area contributed by atoms with E-state index < -0.39 is 176 Å². The van der Waals surface area contributed by atoms with Gasteiger partial charge in [-0.25, -0.2) is 5.43 Å². The number of phenols is 1. The summed E-state index contributed by atoms with van der Waals surface area (Å²) in [7, 11) is 0. The summed E-state index contributed by atoms with van der Waals surface area (Å²) in [5.41, 5.74) is 11.1. The molecule has 17 N–H and O–H groups in total. The molecule has 2 aromatic carbocycles. The Balaban J connectivity index is 2.18. The fourth-order valence-corrected chi connectivity index (χ4v) is 7.63. The molecular formula is C49H67N11O18. The molecule has 0 spiro atoms. The van der Waals surface area contributed by atoms with Crippen LogP contribution in [-0.2, 0) is 75.2 Å². The zero-order valence-electron chi connectivity index (χ0n) is 43.0. The minimum absolute atomic E-state index is 0.0336. The molecule has 1 heterocycles. The molecule has 4 unspecified atom stereocenters. The van der Waals surface area contributed by atoms with E-state index >= 15 is 0 Å². The van der Waals surface area contributed by atoms with E-state index in [4.69, 9.17) is 5.73 Å². The number of carboxylic acids is 2. The molecule has 0 saturated carbocycles. The number of hydrogen-bond donors (Lipinski definition) is 16. The summed E-state index contributed by atoms with van der Waals surface area (Å²) < 4.78 is 0. The number of nitrogens with two attached hydrogens (primary N) is 1. The molecule has 9 amide bonds. The lowest BCUT2D eigenvalue weighted by Crippen LogP contribution is -2.62. The van der Waals surface area contributed by atoms with Gasteiger partial charge >= 0.3 is 11.9 Å².